The first-order valence-corrected chi connectivity index (χ1v) is 9.23. The number of carbonyl (C=O) groups excluding carboxylic acids is 2. The molecule has 4 nitrogen and oxygen atoms in total. The molecular formula is C21H19ClN2O2. The molecule has 3 aromatic rings. The number of benzene rings is 2. The van der Waals surface area contributed by atoms with Crippen molar-refractivity contribution >= 4 is 34.2 Å². The molecule has 1 aliphatic rings. The Morgan fingerprint density at radius 2 is 1.77 bits per heavy atom. The molecule has 0 atom stereocenters. The van der Waals surface area contributed by atoms with Crippen molar-refractivity contribution in [2.24, 2.45) is 0 Å². The number of hydrogen-bond acceptors (Lipinski definition) is 2. The minimum atomic E-state index is -0.204. The molecule has 2 aromatic carbocycles. The summed E-state index contributed by atoms with van der Waals surface area (Å²) < 4.78 is 0. The van der Waals surface area contributed by atoms with Gasteiger partial charge in [0.25, 0.3) is 5.91 Å². The Morgan fingerprint density at radius 3 is 2.50 bits per heavy atom. The summed E-state index contributed by atoms with van der Waals surface area (Å²) in [5.74, 6) is -0.403. The van der Waals surface area contributed by atoms with Gasteiger partial charge in [-0.05, 0) is 25.0 Å². The summed E-state index contributed by atoms with van der Waals surface area (Å²) in [5, 5.41) is 4.36. The molecule has 0 saturated heterocycles. The van der Waals surface area contributed by atoms with Gasteiger partial charge in [0.2, 0.25) is 5.78 Å². The highest BCUT2D eigenvalue weighted by Gasteiger charge is 2.26. The first-order chi connectivity index (χ1) is 12.6. The number of ketones is 1. The Balaban J connectivity index is 1.80. The fraction of sp³-hybridized carbons (Fsp3) is 0.238. The summed E-state index contributed by atoms with van der Waals surface area (Å²) >= 11 is 6.09. The molecule has 0 bridgehead atoms. The van der Waals surface area contributed by atoms with Crippen LogP contribution >= 0.6 is 11.6 Å². The van der Waals surface area contributed by atoms with Gasteiger partial charge in [0.15, 0.2) is 0 Å². The van der Waals surface area contributed by atoms with Gasteiger partial charge in [-0.1, -0.05) is 60.8 Å². The van der Waals surface area contributed by atoms with Gasteiger partial charge in [-0.15, -0.1) is 0 Å². The lowest BCUT2D eigenvalue weighted by molar-refractivity contribution is 0.0929. The minimum absolute atomic E-state index is 0.180. The summed E-state index contributed by atoms with van der Waals surface area (Å²) in [5.41, 5.74) is 1.94. The topological polar surface area (TPSA) is 62.0 Å². The Labute approximate surface area is 156 Å². The van der Waals surface area contributed by atoms with E-state index < -0.39 is 0 Å². The molecule has 2 N–H and O–H groups in total. The monoisotopic (exact) mass is 366 g/mol. The quantitative estimate of drug-likeness (QED) is 0.656. The van der Waals surface area contributed by atoms with E-state index >= 15 is 0 Å². The van der Waals surface area contributed by atoms with Crippen LogP contribution in [0.15, 0.2) is 48.5 Å². The molecular weight excluding hydrogens is 348 g/mol. The van der Waals surface area contributed by atoms with Gasteiger partial charge in [-0.2, -0.15) is 0 Å². The lowest BCUT2D eigenvalue weighted by Crippen LogP contribution is -2.33. The van der Waals surface area contributed by atoms with Crippen molar-refractivity contribution in [1.82, 2.24) is 10.3 Å². The number of fused-ring (bicyclic) bond motifs is 1. The van der Waals surface area contributed by atoms with Crippen LogP contribution in [-0.4, -0.2) is 22.7 Å². The normalized spacial score (nSPS) is 14.7. The van der Waals surface area contributed by atoms with Crippen molar-refractivity contribution in [1.29, 1.82) is 0 Å². The number of amides is 1. The van der Waals surface area contributed by atoms with Crippen molar-refractivity contribution in [2.75, 3.05) is 0 Å². The van der Waals surface area contributed by atoms with Crippen molar-refractivity contribution in [3.63, 3.8) is 0 Å². The van der Waals surface area contributed by atoms with Gasteiger partial charge >= 0.3 is 0 Å². The third-order valence-electron chi connectivity index (χ3n) is 4.94. The smallest absolute Gasteiger partial charge is 0.254 e. The van der Waals surface area contributed by atoms with Crippen molar-refractivity contribution in [3.05, 3.63) is 70.4 Å². The molecule has 1 heterocycles. The van der Waals surface area contributed by atoms with Crippen molar-refractivity contribution in [2.45, 2.75) is 31.7 Å². The average Bonchev–Trinajstić information content (AvgIpc) is 3.28. The number of aromatic amines is 1. The van der Waals surface area contributed by atoms with Crippen molar-refractivity contribution in [3.8, 4) is 0 Å². The standard InChI is InChI=1S/C21H19ClN2O2/c22-14-10-11-16-17(12-14)24-19(20(25)13-6-2-1-3-7-13)18(16)21(26)23-15-8-4-5-9-15/h1-3,6-7,10-12,15,24H,4-5,8-9H2,(H,23,26). The van der Waals surface area contributed by atoms with E-state index in [0.717, 1.165) is 25.7 Å². The van der Waals surface area contributed by atoms with E-state index in [1.54, 1.807) is 30.3 Å². The van der Waals surface area contributed by atoms with Crippen LogP contribution in [0, 0.1) is 0 Å². The Kier molecular flexibility index (Phi) is 4.51. The molecule has 1 aliphatic carbocycles. The summed E-state index contributed by atoms with van der Waals surface area (Å²) in [6.07, 6.45) is 4.23. The highest BCUT2D eigenvalue weighted by atomic mass is 35.5. The second kappa shape index (κ2) is 6.96. The van der Waals surface area contributed by atoms with E-state index in [1.807, 2.05) is 18.2 Å². The lowest BCUT2D eigenvalue weighted by atomic mass is 10.0. The van der Waals surface area contributed by atoms with Crippen LogP contribution < -0.4 is 5.32 Å². The molecule has 0 radical (unpaired) electrons. The first-order valence-electron chi connectivity index (χ1n) is 8.85. The van der Waals surface area contributed by atoms with Crippen LogP contribution in [0.4, 0.5) is 0 Å². The predicted octanol–water partition coefficient (Wildman–Crippen LogP) is 4.72. The maximum absolute atomic E-state index is 13.0. The highest BCUT2D eigenvalue weighted by Crippen LogP contribution is 2.28. The molecule has 132 valence electrons. The summed E-state index contributed by atoms with van der Waals surface area (Å²) in [6, 6.07) is 14.4. The second-order valence-corrected chi connectivity index (χ2v) is 7.15. The molecule has 1 saturated carbocycles. The largest absolute Gasteiger partial charge is 0.351 e. The molecule has 5 heteroatoms. The number of H-pyrrole nitrogens is 1. The van der Waals surface area contributed by atoms with Gasteiger partial charge in [-0.3, -0.25) is 9.59 Å². The number of carbonyl (C=O) groups is 2. The van der Waals surface area contributed by atoms with Crippen LogP contribution in [0.5, 0.6) is 0 Å². The van der Waals surface area contributed by atoms with E-state index in [2.05, 4.69) is 10.3 Å². The van der Waals surface area contributed by atoms with Crippen molar-refractivity contribution < 1.29 is 9.59 Å². The second-order valence-electron chi connectivity index (χ2n) is 6.71. The van der Waals surface area contributed by atoms with Crippen LogP contribution in [-0.2, 0) is 0 Å². The molecule has 26 heavy (non-hydrogen) atoms. The molecule has 0 aliphatic heterocycles. The Morgan fingerprint density at radius 1 is 1.04 bits per heavy atom. The minimum Gasteiger partial charge on any atom is -0.351 e. The number of aromatic nitrogens is 1. The van der Waals surface area contributed by atoms with Gasteiger partial charge in [0.05, 0.1) is 5.56 Å². The van der Waals surface area contributed by atoms with Crippen LogP contribution in [0.3, 0.4) is 0 Å². The van der Waals surface area contributed by atoms with Gasteiger partial charge in [0, 0.05) is 27.5 Å². The third kappa shape index (κ3) is 3.13. The number of rotatable bonds is 4. The van der Waals surface area contributed by atoms with Gasteiger partial charge in [0.1, 0.15) is 5.69 Å². The maximum Gasteiger partial charge on any atom is 0.254 e. The summed E-state index contributed by atoms with van der Waals surface area (Å²) in [6.45, 7) is 0. The molecule has 4 rings (SSSR count). The van der Waals surface area contributed by atoms with E-state index in [-0.39, 0.29) is 17.7 Å². The number of nitrogens with one attached hydrogen (secondary N) is 2. The molecule has 1 fully saturated rings. The Hall–Kier alpha value is -2.59. The van der Waals surface area contributed by atoms with Crippen LogP contribution in [0.1, 0.15) is 52.1 Å². The van der Waals surface area contributed by atoms with Crippen LogP contribution in [0.2, 0.25) is 5.02 Å². The maximum atomic E-state index is 13.0. The summed E-state index contributed by atoms with van der Waals surface area (Å²) in [7, 11) is 0. The van der Waals surface area contributed by atoms with Crippen LogP contribution in [0.25, 0.3) is 10.9 Å². The molecule has 1 amide bonds. The number of halogens is 1. The van der Waals surface area contributed by atoms with Gasteiger partial charge in [-0.25, -0.2) is 0 Å². The van der Waals surface area contributed by atoms with E-state index in [4.69, 9.17) is 11.6 Å². The zero-order chi connectivity index (χ0) is 18.1. The highest BCUT2D eigenvalue weighted by molar-refractivity contribution is 6.31. The molecule has 0 unspecified atom stereocenters. The van der Waals surface area contributed by atoms with E-state index in [1.165, 1.54) is 0 Å². The average molecular weight is 367 g/mol. The zero-order valence-corrected chi connectivity index (χ0v) is 15.0. The summed E-state index contributed by atoms with van der Waals surface area (Å²) in [4.78, 5) is 29.1. The van der Waals surface area contributed by atoms with Gasteiger partial charge < -0.3 is 10.3 Å². The third-order valence-corrected chi connectivity index (χ3v) is 5.18. The predicted molar refractivity (Wildman–Crippen MR) is 103 cm³/mol. The fourth-order valence-corrected chi connectivity index (χ4v) is 3.81. The zero-order valence-electron chi connectivity index (χ0n) is 14.2. The molecule has 0 spiro atoms. The lowest BCUT2D eigenvalue weighted by Gasteiger charge is -2.12. The Bertz CT molecular complexity index is 972. The van der Waals surface area contributed by atoms with E-state index in [9.17, 15) is 9.59 Å². The SMILES string of the molecule is O=C(c1ccccc1)c1[nH]c2cc(Cl)ccc2c1C(=O)NC1CCCC1. The van der Waals surface area contributed by atoms with E-state index in [0.29, 0.717) is 32.7 Å². The molecule has 1 aromatic heterocycles. The number of hydrogen-bond donors (Lipinski definition) is 2. The fourth-order valence-electron chi connectivity index (χ4n) is 3.64. The first kappa shape index (κ1) is 16.9.